The van der Waals surface area contributed by atoms with E-state index in [2.05, 4.69) is 31.2 Å². The zero-order chi connectivity index (χ0) is 9.52. The van der Waals surface area contributed by atoms with Crippen LogP contribution in [-0.2, 0) is 11.2 Å². The Bertz CT molecular complexity index is 276. The number of allylic oxidation sites excluding steroid dienone is 1. The molecular formula is C12H16O. The van der Waals surface area contributed by atoms with Gasteiger partial charge in [0, 0.05) is 6.42 Å². The van der Waals surface area contributed by atoms with Crippen LogP contribution in [0.4, 0.5) is 0 Å². The largest absolute Gasteiger partial charge is 0.501 e. The zero-order valence-corrected chi connectivity index (χ0v) is 8.29. The van der Waals surface area contributed by atoms with Gasteiger partial charge in [-0.25, -0.2) is 0 Å². The van der Waals surface area contributed by atoms with Crippen LogP contribution in [0.2, 0.25) is 0 Å². The summed E-state index contributed by atoms with van der Waals surface area (Å²) in [5.41, 5.74) is 2.71. The number of hydrogen-bond acceptors (Lipinski definition) is 1. The highest BCUT2D eigenvalue weighted by molar-refractivity contribution is 5.25. The maximum atomic E-state index is 5.26. The topological polar surface area (TPSA) is 9.23 Å². The Balaban J connectivity index is 2.41. The summed E-state index contributed by atoms with van der Waals surface area (Å²) in [5, 5.41) is 0. The molecule has 13 heavy (non-hydrogen) atoms. The molecule has 0 heterocycles. The number of ether oxygens (including phenoxy) is 1. The summed E-state index contributed by atoms with van der Waals surface area (Å²) < 4.78 is 5.26. The van der Waals surface area contributed by atoms with Gasteiger partial charge in [0.25, 0.3) is 0 Å². The van der Waals surface area contributed by atoms with Crippen molar-refractivity contribution in [2.45, 2.75) is 20.3 Å². The summed E-state index contributed by atoms with van der Waals surface area (Å²) in [6.07, 6.45) is 4.62. The number of rotatable bonds is 4. The molecule has 0 unspecified atom stereocenters. The second-order valence-corrected chi connectivity index (χ2v) is 3.02. The second-order valence-electron chi connectivity index (χ2n) is 3.02. The summed E-state index contributed by atoms with van der Waals surface area (Å²) in [6.45, 7) is 4.84. The Labute approximate surface area is 80.0 Å². The molecule has 0 fully saturated rings. The maximum Gasteiger partial charge on any atom is 0.0913 e. The van der Waals surface area contributed by atoms with Crippen molar-refractivity contribution in [1.82, 2.24) is 0 Å². The van der Waals surface area contributed by atoms with Crippen LogP contribution in [0, 0.1) is 6.92 Å². The molecule has 0 aromatic heterocycles. The molecule has 0 spiro atoms. The third-order valence-corrected chi connectivity index (χ3v) is 1.98. The molecule has 0 saturated carbocycles. The molecule has 0 saturated heterocycles. The van der Waals surface area contributed by atoms with E-state index in [0.717, 1.165) is 13.0 Å². The minimum absolute atomic E-state index is 0.759. The third-order valence-electron chi connectivity index (χ3n) is 1.98. The fourth-order valence-corrected chi connectivity index (χ4v) is 1.22. The van der Waals surface area contributed by atoms with E-state index in [-0.39, 0.29) is 0 Å². The third kappa shape index (κ3) is 3.32. The Morgan fingerprint density at radius 3 is 2.77 bits per heavy atom. The minimum Gasteiger partial charge on any atom is -0.501 e. The molecule has 1 aromatic rings. The van der Waals surface area contributed by atoms with E-state index >= 15 is 0 Å². The number of hydrogen-bond donors (Lipinski definition) is 0. The normalized spacial score (nSPS) is 10.6. The standard InChI is InChI=1S/C12H16O/c1-3-9-13-10-8-12-7-5-4-6-11(12)2/h3-7,9H,8,10H2,1-2H3/b9-3-. The number of aryl methyl sites for hydroxylation is 1. The van der Waals surface area contributed by atoms with E-state index < -0.39 is 0 Å². The molecule has 70 valence electrons. The molecule has 0 radical (unpaired) electrons. The van der Waals surface area contributed by atoms with Gasteiger partial charge in [-0.1, -0.05) is 30.3 Å². The second kappa shape index (κ2) is 5.41. The van der Waals surface area contributed by atoms with Crippen molar-refractivity contribution < 1.29 is 4.74 Å². The van der Waals surface area contributed by atoms with Crippen molar-refractivity contribution in [2.24, 2.45) is 0 Å². The van der Waals surface area contributed by atoms with Gasteiger partial charge < -0.3 is 4.74 Å². The molecule has 1 nitrogen and oxygen atoms in total. The van der Waals surface area contributed by atoms with Crippen LogP contribution < -0.4 is 0 Å². The minimum atomic E-state index is 0.759. The van der Waals surface area contributed by atoms with E-state index in [9.17, 15) is 0 Å². The van der Waals surface area contributed by atoms with E-state index in [0.29, 0.717) is 0 Å². The van der Waals surface area contributed by atoms with E-state index in [1.165, 1.54) is 11.1 Å². The highest BCUT2D eigenvalue weighted by Crippen LogP contribution is 2.07. The lowest BCUT2D eigenvalue weighted by Crippen LogP contribution is -1.95. The Morgan fingerprint density at radius 1 is 1.31 bits per heavy atom. The fraction of sp³-hybridized carbons (Fsp3) is 0.333. The molecule has 0 bridgehead atoms. The summed E-state index contributed by atoms with van der Waals surface area (Å²) in [7, 11) is 0. The molecule has 0 N–H and O–H groups in total. The van der Waals surface area contributed by atoms with Crippen molar-refractivity contribution in [1.29, 1.82) is 0 Å². The first-order valence-corrected chi connectivity index (χ1v) is 4.62. The molecule has 1 heteroatoms. The van der Waals surface area contributed by atoms with Crippen LogP contribution >= 0.6 is 0 Å². The highest BCUT2D eigenvalue weighted by Gasteiger charge is 1.95. The van der Waals surface area contributed by atoms with Gasteiger partial charge in [0.05, 0.1) is 12.9 Å². The van der Waals surface area contributed by atoms with E-state index in [4.69, 9.17) is 4.74 Å². The molecule has 1 aromatic carbocycles. The lowest BCUT2D eigenvalue weighted by atomic mass is 10.1. The Kier molecular flexibility index (Phi) is 4.10. The van der Waals surface area contributed by atoms with Gasteiger partial charge in [0.15, 0.2) is 0 Å². The van der Waals surface area contributed by atoms with Gasteiger partial charge in [-0.2, -0.15) is 0 Å². The molecule has 0 atom stereocenters. The monoisotopic (exact) mass is 176 g/mol. The number of benzene rings is 1. The van der Waals surface area contributed by atoms with Crippen LogP contribution in [0.25, 0.3) is 0 Å². The maximum absolute atomic E-state index is 5.26. The smallest absolute Gasteiger partial charge is 0.0913 e. The lowest BCUT2D eigenvalue weighted by Gasteiger charge is -2.04. The summed E-state index contributed by atoms with van der Waals surface area (Å²) >= 11 is 0. The SMILES string of the molecule is C/C=C\OCCc1ccccc1C. The van der Waals surface area contributed by atoms with Crippen LogP contribution in [0.3, 0.4) is 0 Å². The van der Waals surface area contributed by atoms with Gasteiger partial charge >= 0.3 is 0 Å². The molecule has 0 aliphatic carbocycles. The highest BCUT2D eigenvalue weighted by atomic mass is 16.5. The quantitative estimate of drug-likeness (QED) is 0.506. The predicted octanol–water partition coefficient (Wildman–Crippen LogP) is 3.09. The average Bonchev–Trinajstić information content (AvgIpc) is 2.15. The van der Waals surface area contributed by atoms with Gasteiger partial charge in [0.2, 0.25) is 0 Å². The van der Waals surface area contributed by atoms with Crippen LogP contribution in [-0.4, -0.2) is 6.61 Å². The molecule has 1 rings (SSSR count). The van der Waals surface area contributed by atoms with Crippen LogP contribution in [0.1, 0.15) is 18.1 Å². The van der Waals surface area contributed by atoms with Crippen molar-refractivity contribution in [3.8, 4) is 0 Å². The van der Waals surface area contributed by atoms with Gasteiger partial charge in [0.1, 0.15) is 0 Å². The lowest BCUT2D eigenvalue weighted by molar-refractivity contribution is 0.253. The van der Waals surface area contributed by atoms with E-state index in [1.54, 1.807) is 6.26 Å². The Hall–Kier alpha value is -1.24. The first kappa shape index (κ1) is 9.85. The predicted molar refractivity (Wildman–Crippen MR) is 55.6 cm³/mol. The molecule has 0 aliphatic heterocycles. The first-order chi connectivity index (χ1) is 6.34. The van der Waals surface area contributed by atoms with E-state index in [1.807, 2.05) is 13.0 Å². The molecular weight excluding hydrogens is 160 g/mol. The van der Waals surface area contributed by atoms with Crippen molar-refractivity contribution in [2.75, 3.05) is 6.61 Å². The van der Waals surface area contributed by atoms with Gasteiger partial charge in [-0.05, 0) is 25.0 Å². The van der Waals surface area contributed by atoms with Crippen molar-refractivity contribution in [3.63, 3.8) is 0 Å². The summed E-state index contributed by atoms with van der Waals surface area (Å²) in [4.78, 5) is 0. The first-order valence-electron chi connectivity index (χ1n) is 4.62. The zero-order valence-electron chi connectivity index (χ0n) is 8.29. The Morgan fingerprint density at radius 2 is 2.08 bits per heavy atom. The average molecular weight is 176 g/mol. The van der Waals surface area contributed by atoms with Crippen molar-refractivity contribution >= 4 is 0 Å². The summed E-state index contributed by atoms with van der Waals surface area (Å²) in [5.74, 6) is 0. The summed E-state index contributed by atoms with van der Waals surface area (Å²) in [6, 6.07) is 8.41. The van der Waals surface area contributed by atoms with Gasteiger partial charge in [-0.15, -0.1) is 0 Å². The fourth-order valence-electron chi connectivity index (χ4n) is 1.22. The molecule has 0 amide bonds. The van der Waals surface area contributed by atoms with Crippen LogP contribution in [0.15, 0.2) is 36.6 Å². The van der Waals surface area contributed by atoms with Crippen LogP contribution in [0.5, 0.6) is 0 Å². The molecule has 0 aliphatic rings. The van der Waals surface area contributed by atoms with Crippen molar-refractivity contribution in [3.05, 3.63) is 47.7 Å². The van der Waals surface area contributed by atoms with Gasteiger partial charge in [-0.3, -0.25) is 0 Å².